The number of carbonyl (C=O) groups is 1. The first-order chi connectivity index (χ1) is 12.7. The largest absolute Gasteiger partial charge is 0.372 e. The van der Waals surface area contributed by atoms with Crippen LogP contribution >= 0.6 is 11.3 Å². The minimum Gasteiger partial charge on any atom is -0.372 e. The fourth-order valence-corrected chi connectivity index (χ4v) is 4.95. The molecule has 0 aliphatic carbocycles. The number of aromatic nitrogens is 2. The number of rotatable bonds is 6. The summed E-state index contributed by atoms with van der Waals surface area (Å²) in [5.74, 6) is 0.347. The van der Waals surface area contributed by atoms with Gasteiger partial charge in [-0.3, -0.25) is 14.7 Å². The molecular weight excluding hydrogens is 348 g/mol. The topological polar surface area (TPSA) is 67.3 Å². The number of amides is 1. The predicted octanol–water partition coefficient (Wildman–Crippen LogP) is 2.26. The molecule has 2 aromatic heterocycles. The van der Waals surface area contributed by atoms with Gasteiger partial charge in [0.25, 0.3) is 5.91 Å². The Morgan fingerprint density at radius 1 is 1.46 bits per heavy atom. The summed E-state index contributed by atoms with van der Waals surface area (Å²) in [5.41, 5.74) is 1.74. The number of ether oxygens (including phenoxy) is 1. The number of nitrogens with zero attached hydrogens (tertiary/aromatic N) is 3. The van der Waals surface area contributed by atoms with Crippen LogP contribution in [0.1, 0.15) is 33.8 Å². The fraction of sp³-hybridized carbons (Fsp3) is 0.526. The van der Waals surface area contributed by atoms with E-state index in [0.29, 0.717) is 18.2 Å². The smallest absolute Gasteiger partial charge is 0.271 e. The van der Waals surface area contributed by atoms with Crippen LogP contribution in [-0.4, -0.2) is 52.6 Å². The van der Waals surface area contributed by atoms with E-state index in [1.54, 1.807) is 6.20 Å². The molecule has 1 amide bonds. The molecule has 4 rings (SSSR count). The van der Waals surface area contributed by atoms with Gasteiger partial charge in [-0.25, -0.2) is 4.98 Å². The lowest BCUT2D eigenvalue weighted by Crippen LogP contribution is -2.64. The molecule has 1 N–H and O–H groups in total. The van der Waals surface area contributed by atoms with Crippen LogP contribution in [0.4, 0.5) is 0 Å². The van der Waals surface area contributed by atoms with Gasteiger partial charge in [0.1, 0.15) is 5.69 Å². The monoisotopic (exact) mass is 372 g/mol. The highest BCUT2D eigenvalue weighted by molar-refractivity contribution is 7.10. The van der Waals surface area contributed by atoms with Crippen molar-refractivity contribution >= 4 is 17.2 Å². The zero-order valence-corrected chi connectivity index (χ0v) is 15.8. The van der Waals surface area contributed by atoms with Crippen molar-refractivity contribution in [2.45, 2.75) is 31.9 Å². The molecule has 2 aromatic rings. The quantitative estimate of drug-likeness (QED) is 0.842. The van der Waals surface area contributed by atoms with Gasteiger partial charge in [-0.2, -0.15) is 0 Å². The summed E-state index contributed by atoms with van der Waals surface area (Å²) >= 11 is 1.83. The van der Waals surface area contributed by atoms with Crippen LogP contribution in [0.2, 0.25) is 0 Å². The number of carbonyl (C=O) groups excluding carboxylic acids is 1. The Morgan fingerprint density at radius 3 is 3.08 bits per heavy atom. The summed E-state index contributed by atoms with van der Waals surface area (Å²) in [6.07, 6.45) is 6.61. The Labute approximate surface area is 157 Å². The minimum absolute atomic E-state index is 0.0115. The van der Waals surface area contributed by atoms with Crippen LogP contribution in [0.3, 0.4) is 0 Å². The second-order valence-electron chi connectivity index (χ2n) is 7.21. The van der Waals surface area contributed by atoms with E-state index in [0.717, 1.165) is 39.1 Å². The van der Waals surface area contributed by atoms with Gasteiger partial charge in [-0.1, -0.05) is 0 Å². The van der Waals surface area contributed by atoms with Crippen LogP contribution in [0.5, 0.6) is 0 Å². The lowest BCUT2D eigenvalue weighted by molar-refractivity contribution is -0.136. The van der Waals surface area contributed by atoms with Gasteiger partial charge in [0.05, 0.1) is 11.8 Å². The van der Waals surface area contributed by atoms with E-state index in [1.807, 2.05) is 11.3 Å². The van der Waals surface area contributed by atoms with Gasteiger partial charge < -0.3 is 10.1 Å². The Kier molecular flexibility index (Phi) is 5.02. The highest BCUT2D eigenvalue weighted by Crippen LogP contribution is 2.42. The van der Waals surface area contributed by atoms with Crippen LogP contribution in [0.15, 0.2) is 30.0 Å². The van der Waals surface area contributed by atoms with E-state index >= 15 is 0 Å². The van der Waals surface area contributed by atoms with E-state index in [2.05, 4.69) is 38.6 Å². The fourth-order valence-electron chi connectivity index (χ4n) is 4.00. The first kappa shape index (κ1) is 17.6. The van der Waals surface area contributed by atoms with Crippen molar-refractivity contribution in [2.75, 3.05) is 26.2 Å². The highest BCUT2D eigenvalue weighted by Gasteiger charge is 2.52. The number of thiophene rings is 1. The third kappa shape index (κ3) is 3.51. The molecule has 0 bridgehead atoms. The van der Waals surface area contributed by atoms with Crippen molar-refractivity contribution in [1.29, 1.82) is 0 Å². The van der Waals surface area contributed by atoms with Crippen molar-refractivity contribution in [3.63, 3.8) is 0 Å². The van der Waals surface area contributed by atoms with Gasteiger partial charge in [0.15, 0.2) is 0 Å². The Morgan fingerprint density at radius 2 is 2.35 bits per heavy atom. The summed E-state index contributed by atoms with van der Waals surface area (Å²) in [4.78, 5) is 24.0. The van der Waals surface area contributed by atoms with Crippen molar-refractivity contribution in [3.05, 3.63) is 46.2 Å². The van der Waals surface area contributed by atoms with Crippen LogP contribution in [-0.2, 0) is 11.3 Å². The van der Waals surface area contributed by atoms with E-state index in [-0.39, 0.29) is 11.5 Å². The second kappa shape index (κ2) is 7.42. The van der Waals surface area contributed by atoms with Gasteiger partial charge in [0.2, 0.25) is 0 Å². The van der Waals surface area contributed by atoms with E-state index in [4.69, 9.17) is 4.74 Å². The standard InChI is InChI=1S/C19H24N4O2S/c1-14-4-9-26-17(14)11-23-12-19(13-23)15(3-8-25-19)2-5-22-18(24)16-10-20-6-7-21-16/h4,6-7,9-10,15H,2-3,5,8,11-13H2,1H3,(H,22,24)/t15-/m0/s1. The van der Waals surface area contributed by atoms with E-state index in [9.17, 15) is 4.79 Å². The molecule has 2 fully saturated rings. The maximum atomic E-state index is 12.1. The van der Waals surface area contributed by atoms with Crippen LogP contribution in [0, 0.1) is 12.8 Å². The molecule has 2 aliphatic heterocycles. The summed E-state index contributed by atoms with van der Waals surface area (Å²) < 4.78 is 6.14. The lowest BCUT2D eigenvalue weighted by atomic mass is 9.79. The predicted molar refractivity (Wildman–Crippen MR) is 100 cm³/mol. The molecule has 0 radical (unpaired) electrons. The molecule has 0 aromatic carbocycles. The lowest BCUT2D eigenvalue weighted by Gasteiger charge is -2.50. The molecule has 4 heterocycles. The molecule has 26 heavy (non-hydrogen) atoms. The molecule has 0 unspecified atom stereocenters. The Balaban J connectivity index is 1.26. The van der Waals surface area contributed by atoms with Gasteiger partial charge >= 0.3 is 0 Å². The van der Waals surface area contributed by atoms with Gasteiger partial charge in [-0.05, 0) is 42.7 Å². The zero-order chi connectivity index (χ0) is 18.0. The molecule has 138 valence electrons. The molecular formula is C19H24N4O2S. The highest BCUT2D eigenvalue weighted by atomic mass is 32.1. The van der Waals surface area contributed by atoms with Crippen molar-refractivity contribution in [3.8, 4) is 0 Å². The van der Waals surface area contributed by atoms with Gasteiger partial charge in [0, 0.05) is 50.1 Å². The van der Waals surface area contributed by atoms with E-state index in [1.165, 1.54) is 22.8 Å². The summed E-state index contributed by atoms with van der Waals surface area (Å²) in [7, 11) is 0. The minimum atomic E-state index is -0.158. The maximum Gasteiger partial charge on any atom is 0.271 e. The van der Waals surface area contributed by atoms with Crippen molar-refractivity contribution in [2.24, 2.45) is 5.92 Å². The molecule has 1 spiro atoms. The first-order valence-electron chi connectivity index (χ1n) is 9.10. The number of aryl methyl sites for hydroxylation is 1. The SMILES string of the molecule is Cc1ccsc1CN1CC2(C1)OCC[C@@H]2CCNC(=O)c1cnccn1. The molecule has 0 saturated carbocycles. The molecule has 7 heteroatoms. The molecule has 2 aliphatic rings. The first-order valence-corrected chi connectivity index (χ1v) is 9.98. The third-order valence-corrected chi connectivity index (χ3v) is 6.50. The number of likely N-dealkylation sites (tertiary alicyclic amines) is 1. The average molecular weight is 372 g/mol. The number of nitrogens with one attached hydrogen (secondary N) is 1. The van der Waals surface area contributed by atoms with Crippen LogP contribution < -0.4 is 5.32 Å². The second-order valence-corrected chi connectivity index (χ2v) is 8.21. The van der Waals surface area contributed by atoms with Crippen LogP contribution in [0.25, 0.3) is 0 Å². The summed E-state index contributed by atoms with van der Waals surface area (Å²) in [6, 6.07) is 2.18. The number of hydrogen-bond donors (Lipinski definition) is 1. The van der Waals surface area contributed by atoms with Crippen molar-refractivity contribution in [1.82, 2.24) is 20.2 Å². The Hall–Kier alpha value is -1.83. The molecule has 2 saturated heterocycles. The third-order valence-electron chi connectivity index (χ3n) is 5.49. The molecule has 6 nitrogen and oxygen atoms in total. The zero-order valence-electron chi connectivity index (χ0n) is 15.0. The maximum absolute atomic E-state index is 12.1. The Bertz CT molecular complexity index is 758. The van der Waals surface area contributed by atoms with Gasteiger partial charge in [-0.15, -0.1) is 11.3 Å². The van der Waals surface area contributed by atoms with E-state index < -0.39 is 0 Å². The molecule has 1 atom stereocenters. The number of hydrogen-bond acceptors (Lipinski definition) is 6. The summed E-state index contributed by atoms with van der Waals surface area (Å²) in [6.45, 7) is 6.66. The van der Waals surface area contributed by atoms with Crippen molar-refractivity contribution < 1.29 is 9.53 Å². The average Bonchev–Trinajstić information content (AvgIpc) is 3.22. The summed E-state index contributed by atoms with van der Waals surface area (Å²) in [5, 5.41) is 5.12. The normalized spacial score (nSPS) is 21.7.